The van der Waals surface area contributed by atoms with Crippen LogP contribution < -0.4 is 10.1 Å². The smallest absolute Gasteiger partial charge is 0.260 e. The number of aliphatic hydroxyl groups is 1. The zero-order valence-corrected chi connectivity index (χ0v) is 12.3. The van der Waals surface area contributed by atoms with Crippen molar-refractivity contribution in [2.45, 2.75) is 58.3 Å². The first-order chi connectivity index (χ1) is 9.47. The lowest BCUT2D eigenvalue weighted by Crippen LogP contribution is -2.40. The van der Waals surface area contributed by atoms with Crippen LogP contribution in [0.15, 0.2) is 18.2 Å². The van der Waals surface area contributed by atoms with Crippen LogP contribution in [0, 0.1) is 0 Å². The molecule has 20 heavy (non-hydrogen) atoms. The minimum Gasteiger partial charge on any atom is -0.481 e. The monoisotopic (exact) mass is 277 g/mol. The summed E-state index contributed by atoms with van der Waals surface area (Å²) in [4.78, 5) is 11.8. The topological polar surface area (TPSA) is 58.6 Å². The third kappa shape index (κ3) is 3.51. The molecule has 0 saturated heterocycles. The summed E-state index contributed by atoms with van der Waals surface area (Å²) in [6.45, 7) is 5.59. The van der Waals surface area contributed by atoms with E-state index >= 15 is 0 Å². The number of rotatable bonds is 4. The summed E-state index contributed by atoms with van der Waals surface area (Å²) in [5.74, 6) is 0.571. The van der Waals surface area contributed by atoms with Gasteiger partial charge in [-0.15, -0.1) is 0 Å². The number of carbonyl (C=O) groups is 1. The molecule has 1 aromatic carbocycles. The Morgan fingerprint density at radius 2 is 2.15 bits per heavy atom. The van der Waals surface area contributed by atoms with Crippen LogP contribution in [0.25, 0.3) is 0 Å². The van der Waals surface area contributed by atoms with E-state index in [0.717, 1.165) is 30.4 Å². The van der Waals surface area contributed by atoms with Crippen LogP contribution in [-0.2, 0) is 11.2 Å². The van der Waals surface area contributed by atoms with Crippen LogP contribution in [0.4, 0.5) is 0 Å². The third-order valence-electron chi connectivity index (χ3n) is 3.51. The predicted octanol–water partition coefficient (Wildman–Crippen LogP) is 2.35. The summed E-state index contributed by atoms with van der Waals surface area (Å²) in [6.07, 6.45) is 1.87. The Morgan fingerprint density at radius 3 is 2.85 bits per heavy atom. The molecular formula is C16H23NO3. The number of aryl methyl sites for hydroxylation is 1. The molecule has 2 N–H and O–H groups in total. The molecule has 2 unspecified atom stereocenters. The number of hydrogen-bond acceptors (Lipinski definition) is 3. The Hall–Kier alpha value is -1.55. The van der Waals surface area contributed by atoms with Gasteiger partial charge in [-0.3, -0.25) is 4.79 Å². The Kier molecular flexibility index (Phi) is 4.65. The van der Waals surface area contributed by atoms with E-state index in [4.69, 9.17) is 4.74 Å². The summed E-state index contributed by atoms with van der Waals surface area (Å²) in [5.41, 5.74) is 2.11. The fourth-order valence-corrected chi connectivity index (χ4v) is 2.50. The molecule has 2 atom stereocenters. The lowest BCUT2D eigenvalue weighted by molar-refractivity contribution is -0.127. The molecule has 0 spiro atoms. The Labute approximate surface area is 120 Å². The quantitative estimate of drug-likeness (QED) is 0.888. The van der Waals surface area contributed by atoms with Crippen LogP contribution in [0.1, 0.15) is 50.8 Å². The van der Waals surface area contributed by atoms with Crippen molar-refractivity contribution in [2.75, 3.05) is 0 Å². The number of amides is 1. The molecule has 2 rings (SSSR count). The summed E-state index contributed by atoms with van der Waals surface area (Å²) in [5, 5.41) is 12.7. The maximum Gasteiger partial charge on any atom is 0.260 e. The summed E-state index contributed by atoms with van der Waals surface area (Å²) >= 11 is 0. The largest absolute Gasteiger partial charge is 0.481 e. The van der Waals surface area contributed by atoms with Crippen LogP contribution in [0.2, 0.25) is 0 Å². The van der Waals surface area contributed by atoms with Gasteiger partial charge < -0.3 is 15.2 Å². The summed E-state index contributed by atoms with van der Waals surface area (Å²) in [7, 11) is 0. The van der Waals surface area contributed by atoms with Crippen molar-refractivity contribution in [1.29, 1.82) is 0 Å². The van der Waals surface area contributed by atoms with E-state index in [9.17, 15) is 9.90 Å². The molecule has 1 aliphatic rings. The molecule has 0 saturated carbocycles. The molecule has 0 heterocycles. The second-order valence-corrected chi connectivity index (χ2v) is 5.69. The van der Waals surface area contributed by atoms with Gasteiger partial charge in [-0.2, -0.15) is 0 Å². The van der Waals surface area contributed by atoms with E-state index in [2.05, 4.69) is 5.32 Å². The van der Waals surface area contributed by atoms with Crippen LogP contribution in [-0.4, -0.2) is 23.2 Å². The SMILES string of the molecule is CC(C)NC(=O)C(C)Oc1ccc2c(c1)CCCC2O. The lowest BCUT2D eigenvalue weighted by Gasteiger charge is -2.23. The zero-order chi connectivity index (χ0) is 14.7. The molecule has 1 aliphatic carbocycles. The molecule has 0 fully saturated rings. The molecule has 1 aromatic rings. The first kappa shape index (κ1) is 14.9. The van der Waals surface area contributed by atoms with E-state index in [-0.39, 0.29) is 18.1 Å². The second kappa shape index (κ2) is 6.27. The average molecular weight is 277 g/mol. The van der Waals surface area contributed by atoms with Gasteiger partial charge in [0.1, 0.15) is 5.75 Å². The molecular weight excluding hydrogens is 254 g/mol. The predicted molar refractivity (Wildman–Crippen MR) is 77.7 cm³/mol. The van der Waals surface area contributed by atoms with E-state index in [0.29, 0.717) is 5.75 Å². The van der Waals surface area contributed by atoms with Gasteiger partial charge in [0, 0.05) is 6.04 Å². The maximum atomic E-state index is 11.8. The Bertz CT molecular complexity index is 485. The first-order valence-electron chi connectivity index (χ1n) is 7.25. The first-order valence-corrected chi connectivity index (χ1v) is 7.25. The number of benzene rings is 1. The van der Waals surface area contributed by atoms with E-state index in [1.54, 1.807) is 6.92 Å². The minimum atomic E-state index is -0.524. The van der Waals surface area contributed by atoms with Crippen LogP contribution in [0.5, 0.6) is 5.75 Å². The average Bonchev–Trinajstić information content (AvgIpc) is 2.38. The fraction of sp³-hybridized carbons (Fsp3) is 0.562. The van der Waals surface area contributed by atoms with Crippen molar-refractivity contribution in [3.05, 3.63) is 29.3 Å². The number of hydrogen-bond donors (Lipinski definition) is 2. The number of aliphatic hydroxyl groups excluding tert-OH is 1. The number of carbonyl (C=O) groups excluding carboxylic acids is 1. The Balaban J connectivity index is 2.05. The maximum absolute atomic E-state index is 11.8. The lowest BCUT2D eigenvalue weighted by atomic mass is 9.89. The van der Waals surface area contributed by atoms with Crippen molar-refractivity contribution >= 4 is 5.91 Å². The van der Waals surface area contributed by atoms with Gasteiger partial charge in [0.15, 0.2) is 6.10 Å². The van der Waals surface area contributed by atoms with Gasteiger partial charge in [-0.1, -0.05) is 6.07 Å². The number of nitrogens with one attached hydrogen (secondary N) is 1. The van der Waals surface area contributed by atoms with Crippen molar-refractivity contribution < 1.29 is 14.6 Å². The highest BCUT2D eigenvalue weighted by Crippen LogP contribution is 2.32. The molecule has 0 bridgehead atoms. The van der Waals surface area contributed by atoms with Crippen LogP contribution >= 0.6 is 0 Å². The summed E-state index contributed by atoms with van der Waals surface area (Å²) in [6, 6.07) is 5.78. The number of fused-ring (bicyclic) bond motifs is 1. The molecule has 4 heteroatoms. The van der Waals surface area contributed by atoms with Gasteiger partial charge >= 0.3 is 0 Å². The fourth-order valence-electron chi connectivity index (χ4n) is 2.50. The standard InChI is InChI=1S/C16H23NO3/c1-10(2)17-16(19)11(3)20-13-7-8-14-12(9-13)5-4-6-15(14)18/h7-11,15,18H,4-6H2,1-3H3,(H,17,19). The number of ether oxygens (including phenoxy) is 1. The molecule has 110 valence electrons. The molecule has 0 radical (unpaired) electrons. The second-order valence-electron chi connectivity index (χ2n) is 5.69. The highest BCUT2D eigenvalue weighted by atomic mass is 16.5. The van der Waals surface area contributed by atoms with E-state index in [1.165, 1.54) is 0 Å². The minimum absolute atomic E-state index is 0.104. The van der Waals surface area contributed by atoms with Crippen LogP contribution in [0.3, 0.4) is 0 Å². The third-order valence-corrected chi connectivity index (χ3v) is 3.51. The van der Waals surface area contributed by atoms with Gasteiger partial charge in [0.05, 0.1) is 6.10 Å². The van der Waals surface area contributed by atoms with Gasteiger partial charge in [0.2, 0.25) is 0 Å². The van der Waals surface area contributed by atoms with Gasteiger partial charge in [0.25, 0.3) is 5.91 Å². The van der Waals surface area contributed by atoms with Crippen molar-refractivity contribution in [2.24, 2.45) is 0 Å². The zero-order valence-electron chi connectivity index (χ0n) is 12.3. The van der Waals surface area contributed by atoms with E-state index in [1.807, 2.05) is 32.0 Å². The van der Waals surface area contributed by atoms with Gasteiger partial charge in [-0.05, 0) is 63.3 Å². The van der Waals surface area contributed by atoms with Gasteiger partial charge in [-0.25, -0.2) is 0 Å². The van der Waals surface area contributed by atoms with Crippen molar-refractivity contribution in [3.63, 3.8) is 0 Å². The Morgan fingerprint density at radius 1 is 1.40 bits per heavy atom. The van der Waals surface area contributed by atoms with E-state index < -0.39 is 6.10 Å². The normalized spacial score (nSPS) is 19.4. The molecule has 0 aromatic heterocycles. The molecule has 0 aliphatic heterocycles. The van der Waals surface area contributed by atoms with Crippen molar-refractivity contribution in [1.82, 2.24) is 5.32 Å². The molecule has 4 nitrogen and oxygen atoms in total. The molecule has 1 amide bonds. The van der Waals surface area contributed by atoms with Crippen molar-refractivity contribution in [3.8, 4) is 5.75 Å². The highest BCUT2D eigenvalue weighted by Gasteiger charge is 2.20. The highest BCUT2D eigenvalue weighted by molar-refractivity contribution is 5.80. The summed E-state index contributed by atoms with van der Waals surface area (Å²) < 4.78 is 5.68.